The summed E-state index contributed by atoms with van der Waals surface area (Å²) in [5, 5.41) is 7.86. The monoisotopic (exact) mass is 258 g/mol. The molecule has 0 saturated carbocycles. The highest BCUT2D eigenvalue weighted by Crippen LogP contribution is 2.21. The van der Waals surface area contributed by atoms with Crippen LogP contribution in [-0.2, 0) is 9.59 Å². The molecule has 19 heavy (non-hydrogen) atoms. The molecule has 2 rings (SSSR count). The van der Waals surface area contributed by atoms with Gasteiger partial charge in [-0.25, -0.2) is 4.98 Å². The molecule has 0 saturated heterocycles. The number of rotatable bonds is 4. The number of hydrazone groups is 1. The van der Waals surface area contributed by atoms with Crippen LogP contribution >= 0.6 is 0 Å². The lowest BCUT2D eigenvalue weighted by molar-refractivity contribution is -0.130. The highest BCUT2D eigenvalue weighted by atomic mass is 16.2. The lowest BCUT2D eigenvalue weighted by Crippen LogP contribution is -2.40. The molecule has 0 spiro atoms. The predicted octanol–water partition coefficient (Wildman–Crippen LogP) is 0.722. The minimum atomic E-state index is -0.887. The molecule has 98 valence electrons. The Hall–Kier alpha value is -2.50. The zero-order valence-electron chi connectivity index (χ0n) is 10.5. The number of hydrogen-bond acceptors (Lipinski definition) is 4. The summed E-state index contributed by atoms with van der Waals surface area (Å²) in [6.45, 7) is 5.48. The molecule has 0 aromatic carbocycles. The first-order chi connectivity index (χ1) is 9.15. The second-order valence-electron chi connectivity index (χ2n) is 4.05. The van der Waals surface area contributed by atoms with E-state index in [2.05, 4.69) is 22.0 Å². The molecule has 1 aromatic rings. The molecule has 6 nitrogen and oxygen atoms in total. The summed E-state index contributed by atoms with van der Waals surface area (Å²) in [4.78, 5) is 28.2. The molecule has 1 unspecified atom stereocenters. The van der Waals surface area contributed by atoms with Crippen LogP contribution in [0.25, 0.3) is 0 Å². The van der Waals surface area contributed by atoms with Crippen LogP contribution in [0.3, 0.4) is 0 Å². The van der Waals surface area contributed by atoms with E-state index in [0.717, 1.165) is 5.01 Å². The smallest absolute Gasteiger partial charge is 0.267 e. The topological polar surface area (TPSA) is 74.7 Å². The molecular formula is C13H14N4O2. The summed E-state index contributed by atoms with van der Waals surface area (Å²) >= 11 is 0. The third kappa shape index (κ3) is 2.52. The summed E-state index contributed by atoms with van der Waals surface area (Å²) < 4.78 is 0. The van der Waals surface area contributed by atoms with Crippen molar-refractivity contribution in [2.75, 3.05) is 11.6 Å². The number of anilines is 1. The highest BCUT2D eigenvalue weighted by Gasteiger charge is 2.39. The maximum Gasteiger partial charge on any atom is 0.267 e. The van der Waals surface area contributed by atoms with Gasteiger partial charge < -0.3 is 5.32 Å². The van der Waals surface area contributed by atoms with E-state index in [-0.39, 0.29) is 5.91 Å². The maximum absolute atomic E-state index is 12.2. The van der Waals surface area contributed by atoms with Gasteiger partial charge in [-0.15, -0.1) is 6.58 Å². The Labute approximate surface area is 110 Å². The number of carbonyl (C=O) groups is 2. The fourth-order valence-corrected chi connectivity index (χ4v) is 1.79. The van der Waals surface area contributed by atoms with Gasteiger partial charge >= 0.3 is 0 Å². The Morgan fingerprint density at radius 2 is 2.37 bits per heavy atom. The van der Waals surface area contributed by atoms with E-state index in [0.29, 0.717) is 18.1 Å². The Kier molecular flexibility index (Phi) is 3.70. The van der Waals surface area contributed by atoms with Crippen molar-refractivity contribution in [2.24, 2.45) is 11.0 Å². The summed E-state index contributed by atoms with van der Waals surface area (Å²) in [7, 11) is 0. The molecule has 0 radical (unpaired) electrons. The van der Waals surface area contributed by atoms with Crippen LogP contribution in [0.2, 0.25) is 0 Å². The van der Waals surface area contributed by atoms with E-state index in [9.17, 15) is 9.59 Å². The lowest BCUT2D eigenvalue weighted by Gasteiger charge is -2.12. The number of pyridine rings is 1. The number of nitrogens with zero attached hydrogens (tertiary/aromatic N) is 3. The van der Waals surface area contributed by atoms with E-state index in [1.54, 1.807) is 37.4 Å². The summed E-state index contributed by atoms with van der Waals surface area (Å²) in [5.41, 5.74) is 0.456. The first-order valence-electron chi connectivity index (χ1n) is 5.84. The summed E-state index contributed by atoms with van der Waals surface area (Å²) in [6, 6.07) is 5.17. The van der Waals surface area contributed by atoms with E-state index in [1.165, 1.54) is 0 Å². The molecule has 0 bridgehead atoms. The minimum Gasteiger partial charge on any atom is -0.352 e. The molecule has 1 aliphatic rings. The normalized spacial score (nSPS) is 18.2. The molecule has 2 heterocycles. The Morgan fingerprint density at radius 1 is 1.58 bits per heavy atom. The van der Waals surface area contributed by atoms with Gasteiger partial charge in [-0.3, -0.25) is 9.59 Å². The molecule has 1 N–H and O–H groups in total. The molecule has 0 aliphatic carbocycles. The standard InChI is InChI=1S/C13H14N4O2/c1-3-7-15-12(18)11-9(2)16-17(13(11)19)10-6-4-5-8-14-10/h3-6,8,11H,1,7H2,2H3,(H,15,18). The second kappa shape index (κ2) is 5.43. The van der Waals surface area contributed by atoms with Gasteiger partial charge in [-0.1, -0.05) is 12.1 Å². The number of aromatic nitrogens is 1. The average molecular weight is 258 g/mol. The largest absolute Gasteiger partial charge is 0.352 e. The van der Waals surface area contributed by atoms with E-state index >= 15 is 0 Å². The van der Waals surface area contributed by atoms with Gasteiger partial charge in [-0.2, -0.15) is 10.1 Å². The summed E-state index contributed by atoms with van der Waals surface area (Å²) in [5.74, 6) is -1.24. The lowest BCUT2D eigenvalue weighted by atomic mass is 10.0. The van der Waals surface area contributed by atoms with Crippen molar-refractivity contribution >= 4 is 23.3 Å². The van der Waals surface area contributed by atoms with Crippen LogP contribution in [0.1, 0.15) is 6.92 Å². The SMILES string of the molecule is C=CCNC(=O)C1C(=O)N(c2ccccn2)N=C1C. The minimum absolute atomic E-state index is 0.319. The molecule has 2 amide bonds. The fraction of sp³-hybridized carbons (Fsp3) is 0.231. The fourth-order valence-electron chi connectivity index (χ4n) is 1.79. The van der Waals surface area contributed by atoms with Crippen LogP contribution < -0.4 is 10.3 Å². The van der Waals surface area contributed by atoms with E-state index < -0.39 is 11.8 Å². The number of amides is 2. The Bertz CT molecular complexity index is 539. The van der Waals surface area contributed by atoms with Gasteiger partial charge in [0, 0.05) is 12.7 Å². The van der Waals surface area contributed by atoms with E-state index in [4.69, 9.17) is 0 Å². The van der Waals surface area contributed by atoms with Crippen LogP contribution in [0.15, 0.2) is 42.2 Å². The van der Waals surface area contributed by atoms with Gasteiger partial charge in [0.15, 0.2) is 11.7 Å². The van der Waals surface area contributed by atoms with Gasteiger partial charge in [0.1, 0.15) is 0 Å². The molecular weight excluding hydrogens is 244 g/mol. The Balaban J connectivity index is 2.19. The van der Waals surface area contributed by atoms with Crippen molar-refractivity contribution in [3.63, 3.8) is 0 Å². The third-order valence-corrected chi connectivity index (χ3v) is 2.68. The van der Waals surface area contributed by atoms with Crippen LogP contribution in [-0.4, -0.2) is 29.1 Å². The van der Waals surface area contributed by atoms with Gasteiger partial charge in [0.25, 0.3) is 5.91 Å². The maximum atomic E-state index is 12.2. The van der Waals surface area contributed by atoms with Gasteiger partial charge in [-0.05, 0) is 19.1 Å². The average Bonchev–Trinajstić information content (AvgIpc) is 2.72. The summed E-state index contributed by atoms with van der Waals surface area (Å²) in [6.07, 6.45) is 3.12. The van der Waals surface area contributed by atoms with Crippen molar-refractivity contribution in [3.05, 3.63) is 37.1 Å². The molecule has 1 aromatic heterocycles. The first-order valence-corrected chi connectivity index (χ1v) is 5.84. The van der Waals surface area contributed by atoms with Crippen molar-refractivity contribution in [3.8, 4) is 0 Å². The van der Waals surface area contributed by atoms with E-state index in [1.807, 2.05) is 0 Å². The zero-order chi connectivity index (χ0) is 13.8. The van der Waals surface area contributed by atoms with Gasteiger partial charge in [0.2, 0.25) is 5.91 Å². The van der Waals surface area contributed by atoms with Crippen LogP contribution in [0.5, 0.6) is 0 Å². The third-order valence-electron chi connectivity index (χ3n) is 2.68. The molecule has 0 fully saturated rings. The number of nitrogens with one attached hydrogen (secondary N) is 1. The van der Waals surface area contributed by atoms with Crippen molar-refractivity contribution in [1.82, 2.24) is 10.3 Å². The quantitative estimate of drug-likeness (QED) is 0.639. The zero-order valence-corrected chi connectivity index (χ0v) is 10.5. The molecule has 6 heteroatoms. The molecule has 1 atom stereocenters. The van der Waals surface area contributed by atoms with Crippen molar-refractivity contribution in [2.45, 2.75) is 6.92 Å². The molecule has 1 aliphatic heterocycles. The van der Waals surface area contributed by atoms with Gasteiger partial charge in [0.05, 0.1) is 5.71 Å². The predicted molar refractivity (Wildman–Crippen MR) is 71.5 cm³/mol. The Morgan fingerprint density at radius 3 is 3.00 bits per heavy atom. The van der Waals surface area contributed by atoms with Crippen LogP contribution in [0, 0.1) is 5.92 Å². The van der Waals surface area contributed by atoms with Crippen molar-refractivity contribution < 1.29 is 9.59 Å². The van der Waals surface area contributed by atoms with Crippen LogP contribution in [0.4, 0.5) is 5.82 Å². The highest BCUT2D eigenvalue weighted by molar-refractivity contribution is 6.26. The first kappa shape index (κ1) is 12.9. The number of carbonyl (C=O) groups excluding carboxylic acids is 2. The number of hydrogen-bond donors (Lipinski definition) is 1. The second-order valence-corrected chi connectivity index (χ2v) is 4.05. The van der Waals surface area contributed by atoms with Crippen molar-refractivity contribution in [1.29, 1.82) is 0 Å².